The van der Waals surface area contributed by atoms with E-state index in [0.717, 1.165) is 140 Å². The summed E-state index contributed by atoms with van der Waals surface area (Å²) in [6.45, 7) is 12.3. The molecule has 1 aliphatic rings. The van der Waals surface area contributed by atoms with Gasteiger partial charge in [0.1, 0.15) is 42.0 Å². The third-order valence-electron chi connectivity index (χ3n) is 20.7. The van der Waals surface area contributed by atoms with E-state index in [1.807, 2.05) is 30.3 Å². The van der Waals surface area contributed by atoms with Gasteiger partial charge in [-0.05, 0) is 101 Å². The van der Waals surface area contributed by atoms with Gasteiger partial charge in [-0.2, -0.15) is 0 Å². The van der Waals surface area contributed by atoms with Crippen LogP contribution in [0.4, 0.5) is 0 Å². The maximum absolute atomic E-state index is 15.8. The fraction of sp³-hybridized carbons (Fsp3) is 0.747. The van der Waals surface area contributed by atoms with Crippen LogP contribution in [0.5, 0.6) is 11.5 Å². The lowest BCUT2D eigenvalue weighted by Gasteiger charge is -2.46. The van der Waals surface area contributed by atoms with Gasteiger partial charge in [0.2, 0.25) is 5.91 Å². The molecule has 0 spiro atoms. The highest BCUT2D eigenvalue weighted by Crippen LogP contribution is 2.52. The topological polar surface area (TPSA) is 239 Å². The molecule has 3 N–H and O–H groups in total. The largest absolute Gasteiger partial charge is 0.588 e. The number of unbranched alkanes of at least 4 members (excludes halogenated alkanes) is 33. The summed E-state index contributed by atoms with van der Waals surface area (Å²) in [6.07, 6.45) is 34.5. The number of nitrogens with one attached hydrogen (secondary N) is 2. The molecule has 3 aromatic rings. The molecule has 4 rings (SSSR count). The maximum Gasteiger partial charge on any atom is 0.588 e. The van der Waals surface area contributed by atoms with Crippen LogP contribution in [0.15, 0.2) is 91.0 Å². The van der Waals surface area contributed by atoms with Crippen molar-refractivity contribution >= 4 is 37.6 Å². The zero-order chi connectivity index (χ0) is 79.9. The van der Waals surface area contributed by atoms with Gasteiger partial charge in [-0.3, -0.25) is 28.5 Å². The first kappa shape index (κ1) is 98.0. The van der Waals surface area contributed by atoms with E-state index < -0.39 is 81.4 Å². The van der Waals surface area contributed by atoms with Crippen molar-refractivity contribution in [2.45, 2.75) is 411 Å². The van der Waals surface area contributed by atoms with E-state index in [4.69, 9.17) is 46.7 Å². The molecule has 9 atom stereocenters. The van der Waals surface area contributed by atoms with Gasteiger partial charge in [0, 0.05) is 19.3 Å². The Balaban J connectivity index is 1.86. The Labute approximate surface area is 671 Å². The van der Waals surface area contributed by atoms with Crippen LogP contribution in [0.2, 0.25) is 0 Å². The highest BCUT2D eigenvalue weighted by Gasteiger charge is 2.53. The van der Waals surface area contributed by atoms with Gasteiger partial charge < -0.3 is 57.9 Å². The Hall–Kier alpha value is -5.40. The van der Waals surface area contributed by atoms with Crippen LogP contribution in [0, 0.1) is 0 Å². The average molecular weight is 1580 g/mol. The highest BCUT2D eigenvalue weighted by atomic mass is 31.2. The minimum Gasteiger partial charge on any atom is -0.462 e. The fourth-order valence-electron chi connectivity index (χ4n) is 14.2. The molecule has 1 unspecified atom stereocenters. The number of hydrogen-bond acceptors (Lipinski definition) is 18. The Kier molecular flexibility index (Phi) is 57.2. The van der Waals surface area contributed by atoms with Crippen molar-refractivity contribution < 1.29 is 80.4 Å². The predicted octanol–water partition coefficient (Wildman–Crippen LogP) is 22.5. The van der Waals surface area contributed by atoms with Gasteiger partial charge in [0.05, 0.1) is 51.4 Å². The molecule has 19 nitrogen and oxygen atoms in total. The van der Waals surface area contributed by atoms with Crippen molar-refractivity contribution in [3.63, 3.8) is 0 Å². The zero-order valence-electron chi connectivity index (χ0n) is 69.8. The summed E-state index contributed by atoms with van der Waals surface area (Å²) in [5, 5.41) is 18.5. The molecule has 632 valence electrons. The summed E-state index contributed by atoms with van der Waals surface area (Å²) < 4.78 is 80.8. The smallest absolute Gasteiger partial charge is 0.462 e. The first-order valence-corrected chi connectivity index (χ1v) is 45.8. The third-order valence-corrected chi connectivity index (χ3v) is 22.0. The molecule has 1 amide bonds. The molecule has 0 aliphatic carbocycles. The quantitative estimate of drug-likeness (QED) is 0.0206. The summed E-state index contributed by atoms with van der Waals surface area (Å²) in [6, 6.07) is 24.3. The van der Waals surface area contributed by atoms with Crippen LogP contribution in [0.3, 0.4) is 0 Å². The number of phosphoric ester groups is 1. The van der Waals surface area contributed by atoms with E-state index in [2.05, 4.69) is 52.2 Å². The van der Waals surface area contributed by atoms with E-state index in [1.165, 1.54) is 89.9 Å². The Morgan fingerprint density at radius 3 is 1.23 bits per heavy atom. The second-order valence-electron chi connectivity index (χ2n) is 30.9. The molecular weight excluding hydrogens is 1420 g/mol. The summed E-state index contributed by atoms with van der Waals surface area (Å²) >= 11 is 0. The highest BCUT2D eigenvalue weighted by molar-refractivity contribution is 7.49. The minimum absolute atomic E-state index is 0.0436. The molecule has 1 aliphatic heterocycles. The van der Waals surface area contributed by atoms with E-state index in [1.54, 1.807) is 60.7 Å². The summed E-state index contributed by atoms with van der Waals surface area (Å²) in [5.74, 6) is -1.91. The van der Waals surface area contributed by atoms with Gasteiger partial charge in [-0.25, -0.2) is 4.57 Å². The number of carbonyl (C=O) groups excluding carboxylic acids is 5. The van der Waals surface area contributed by atoms with Crippen LogP contribution >= 0.6 is 7.82 Å². The number of hydrogen-bond donors (Lipinski definition) is 3. The zero-order valence-corrected chi connectivity index (χ0v) is 70.7. The number of ether oxygens (including phenoxy) is 7. The molecule has 1 saturated heterocycles. The molecule has 1 heterocycles. The number of benzene rings is 3. The molecule has 0 bridgehead atoms. The van der Waals surface area contributed by atoms with Gasteiger partial charge in [0.15, 0.2) is 12.4 Å². The first-order chi connectivity index (χ1) is 54.2. The van der Waals surface area contributed by atoms with Crippen LogP contribution in [-0.2, 0) is 72.8 Å². The van der Waals surface area contributed by atoms with E-state index >= 15 is 9.36 Å². The van der Waals surface area contributed by atoms with Crippen molar-refractivity contribution in [1.82, 2.24) is 10.6 Å². The maximum atomic E-state index is 15.8. The first-order valence-electron chi connectivity index (χ1n) is 44.3. The van der Waals surface area contributed by atoms with Crippen LogP contribution < -0.4 is 19.7 Å². The molecule has 0 aromatic heterocycles. The molecule has 20 heteroatoms. The lowest BCUT2D eigenvalue weighted by atomic mass is 9.96. The number of aliphatic hydroxyl groups excluding tert-OH is 1. The van der Waals surface area contributed by atoms with Crippen LogP contribution in [0.1, 0.15) is 355 Å². The lowest BCUT2D eigenvalue weighted by Crippen LogP contribution is -2.66. The molecule has 3 aromatic carbocycles. The summed E-state index contributed by atoms with van der Waals surface area (Å²) in [5.41, 5.74) is 0.900. The normalized spacial score (nSPS) is 16.8. The third kappa shape index (κ3) is 47.9. The summed E-state index contributed by atoms with van der Waals surface area (Å²) in [7, 11) is -4.91. The van der Waals surface area contributed by atoms with Gasteiger partial charge in [0.25, 0.3) is 0 Å². The number of phosphoric acid groups is 1. The van der Waals surface area contributed by atoms with Crippen molar-refractivity contribution in [2.75, 3.05) is 26.4 Å². The number of carbonyl (C=O) groups is 5. The Morgan fingerprint density at radius 1 is 0.432 bits per heavy atom. The van der Waals surface area contributed by atoms with E-state index in [0.29, 0.717) is 51.4 Å². The van der Waals surface area contributed by atoms with Crippen LogP contribution in [0.25, 0.3) is 0 Å². The lowest BCUT2D eigenvalue weighted by molar-refractivity contribution is -0.273. The summed E-state index contributed by atoms with van der Waals surface area (Å²) in [4.78, 5) is 71.2. The number of rotatable bonds is 72. The van der Waals surface area contributed by atoms with Crippen molar-refractivity contribution in [2.24, 2.45) is 0 Å². The van der Waals surface area contributed by atoms with Gasteiger partial charge >= 0.3 is 31.7 Å². The standard InChI is InChI=1S/C91H151N2O17P/c1-7-13-19-25-28-31-34-37-45-57-77(103-84(96)64-52-22-16-10-4)67-68-92-88-90(107-87(99)70-81(105-86(98)66-54-24-18-12-6)63-47-39-36-33-30-27-21-15-9-3)89(110-111(100,108-78-58-48-41-49-59-78)109-79-60-50-42-51-61-79)82(71-94)106-91(88)102-74-76(73-101-72-75-55-43-40-44-56-75)93-83(95)69-80(104-85(97)65-53-23-17-11-5)62-46-38-35-32-29-26-20-14-8-2/h40-44,48-51,55-56,58-61,76-77,80-82,88-92,94H,7-39,45-47,52-54,57,62-74H2,1-6H3,(H,93,95)/t76-,77+,80+,81+,82+,88+,89+,90+,91?/m0/s1. The SMILES string of the molecule is CCCCCCCCCCC[C@H](CCN[C@H]1C(OC[C@H](COCc2ccccc2)NC(=O)C[C@@H](CCCCCCCCCCC)OC(=O)CCCCCC)O[C@H](CO)[C@@H](OP(=O)(Oc2ccccc2)Oc2ccccc2)[C@@H]1OC(=O)C[C@@H](CCCCCCCCCCC)OC(=O)CCCCCC)OC(=O)CCCCCC. The van der Waals surface area contributed by atoms with Crippen molar-refractivity contribution in [3.8, 4) is 11.5 Å². The Bertz CT molecular complexity index is 2780. The van der Waals surface area contributed by atoms with Crippen molar-refractivity contribution in [3.05, 3.63) is 96.6 Å². The van der Waals surface area contributed by atoms with Crippen molar-refractivity contribution in [1.29, 1.82) is 0 Å². The monoisotopic (exact) mass is 1580 g/mol. The fourth-order valence-corrected chi connectivity index (χ4v) is 15.6. The number of amides is 1. The van der Waals surface area contributed by atoms with Gasteiger partial charge in [-0.15, -0.1) is 0 Å². The number of esters is 4. The Morgan fingerprint density at radius 2 is 0.811 bits per heavy atom. The number of para-hydroxylation sites is 2. The second kappa shape index (κ2) is 64.8. The number of aliphatic hydroxyl groups is 1. The molecule has 111 heavy (non-hydrogen) atoms. The minimum atomic E-state index is -4.91. The van der Waals surface area contributed by atoms with E-state index in [9.17, 15) is 24.3 Å². The van der Waals surface area contributed by atoms with E-state index in [-0.39, 0.29) is 87.8 Å². The van der Waals surface area contributed by atoms with Crippen LogP contribution in [-0.4, -0.2) is 116 Å². The molecule has 1 fully saturated rings. The predicted molar refractivity (Wildman–Crippen MR) is 443 cm³/mol. The molecule has 0 radical (unpaired) electrons. The molecular formula is C91H151N2O17P. The average Bonchev–Trinajstić information content (AvgIpc) is 0.774. The molecule has 0 saturated carbocycles. The second-order valence-corrected chi connectivity index (χ2v) is 32.4. The van der Waals surface area contributed by atoms with Gasteiger partial charge in [-0.1, -0.05) is 320 Å².